The number of carboxylic acid groups (broad SMARTS) is 1. The highest BCUT2D eigenvalue weighted by Crippen LogP contribution is 2.00. The SMILES string of the molecule is C=C(CC(=O)O)C(=O)OCCC. The quantitative estimate of drug-likeness (QED) is 0.495. The molecule has 0 aliphatic heterocycles. The van der Waals surface area contributed by atoms with E-state index in [4.69, 9.17) is 5.11 Å². The average Bonchev–Trinajstić information content (AvgIpc) is 1.98. The summed E-state index contributed by atoms with van der Waals surface area (Å²) in [7, 11) is 0. The zero-order valence-corrected chi connectivity index (χ0v) is 7.00. The molecule has 12 heavy (non-hydrogen) atoms. The third kappa shape index (κ3) is 4.49. The van der Waals surface area contributed by atoms with Gasteiger partial charge in [0.1, 0.15) is 0 Å². The number of esters is 1. The molecule has 0 rings (SSSR count). The zero-order chi connectivity index (χ0) is 9.56. The summed E-state index contributed by atoms with van der Waals surface area (Å²) in [6.45, 7) is 5.45. The van der Waals surface area contributed by atoms with Crippen molar-refractivity contribution >= 4 is 11.9 Å². The average molecular weight is 172 g/mol. The van der Waals surface area contributed by atoms with Crippen molar-refractivity contribution in [2.45, 2.75) is 19.8 Å². The third-order valence-electron chi connectivity index (χ3n) is 1.09. The number of hydrogen-bond donors (Lipinski definition) is 1. The summed E-state index contributed by atoms with van der Waals surface area (Å²) >= 11 is 0. The van der Waals surface area contributed by atoms with Crippen molar-refractivity contribution in [3.63, 3.8) is 0 Å². The maximum absolute atomic E-state index is 10.9. The molecule has 0 atom stereocenters. The Kier molecular flexibility index (Phi) is 4.76. The second kappa shape index (κ2) is 5.35. The third-order valence-corrected chi connectivity index (χ3v) is 1.09. The molecule has 0 spiro atoms. The van der Waals surface area contributed by atoms with Crippen molar-refractivity contribution in [2.75, 3.05) is 6.61 Å². The van der Waals surface area contributed by atoms with Gasteiger partial charge in [0.05, 0.1) is 13.0 Å². The minimum Gasteiger partial charge on any atom is -0.481 e. The lowest BCUT2D eigenvalue weighted by Gasteiger charge is -2.02. The van der Waals surface area contributed by atoms with E-state index < -0.39 is 11.9 Å². The maximum atomic E-state index is 10.9. The summed E-state index contributed by atoms with van der Waals surface area (Å²) in [5.74, 6) is -1.70. The summed E-state index contributed by atoms with van der Waals surface area (Å²) in [6, 6.07) is 0. The Morgan fingerprint density at radius 3 is 2.50 bits per heavy atom. The van der Waals surface area contributed by atoms with Crippen LogP contribution in [0.4, 0.5) is 0 Å². The number of carbonyl (C=O) groups is 2. The molecule has 0 aliphatic rings. The summed E-state index contributed by atoms with van der Waals surface area (Å²) < 4.78 is 4.65. The van der Waals surface area contributed by atoms with E-state index in [1.54, 1.807) is 0 Å². The number of carboxylic acids is 1. The van der Waals surface area contributed by atoms with Crippen LogP contribution in [0.2, 0.25) is 0 Å². The summed E-state index contributed by atoms with van der Waals surface area (Å²) in [6.07, 6.45) is 0.356. The maximum Gasteiger partial charge on any atom is 0.333 e. The molecule has 0 aromatic rings. The van der Waals surface area contributed by atoms with Crippen molar-refractivity contribution in [1.82, 2.24) is 0 Å². The Hall–Kier alpha value is -1.32. The fourth-order valence-corrected chi connectivity index (χ4v) is 0.552. The van der Waals surface area contributed by atoms with Gasteiger partial charge in [0.25, 0.3) is 0 Å². The molecular weight excluding hydrogens is 160 g/mol. The Morgan fingerprint density at radius 2 is 2.08 bits per heavy atom. The van der Waals surface area contributed by atoms with E-state index >= 15 is 0 Å². The van der Waals surface area contributed by atoms with E-state index in [0.29, 0.717) is 13.0 Å². The minimum absolute atomic E-state index is 0.0176. The molecule has 0 aromatic heterocycles. The fourth-order valence-electron chi connectivity index (χ4n) is 0.552. The van der Waals surface area contributed by atoms with Gasteiger partial charge in [-0.05, 0) is 6.42 Å². The summed E-state index contributed by atoms with van der Waals surface area (Å²) in [5, 5.41) is 8.29. The largest absolute Gasteiger partial charge is 0.481 e. The van der Waals surface area contributed by atoms with Gasteiger partial charge < -0.3 is 9.84 Å². The van der Waals surface area contributed by atoms with Crippen molar-refractivity contribution in [2.24, 2.45) is 0 Å². The van der Waals surface area contributed by atoms with E-state index in [-0.39, 0.29) is 12.0 Å². The molecule has 0 aliphatic carbocycles. The summed E-state index contributed by atoms with van der Waals surface area (Å²) in [4.78, 5) is 21.0. The lowest BCUT2D eigenvalue weighted by atomic mass is 10.2. The molecule has 0 bridgehead atoms. The first kappa shape index (κ1) is 10.7. The predicted octanol–water partition coefficient (Wildman–Crippen LogP) is 0.970. The van der Waals surface area contributed by atoms with Crippen LogP contribution in [0.1, 0.15) is 19.8 Å². The van der Waals surface area contributed by atoms with Crippen molar-refractivity contribution < 1.29 is 19.4 Å². The first-order valence-electron chi connectivity index (χ1n) is 3.64. The fraction of sp³-hybridized carbons (Fsp3) is 0.500. The van der Waals surface area contributed by atoms with Gasteiger partial charge in [-0.15, -0.1) is 0 Å². The monoisotopic (exact) mass is 172 g/mol. The van der Waals surface area contributed by atoms with Gasteiger partial charge in [0, 0.05) is 5.57 Å². The Bertz CT molecular complexity index is 195. The van der Waals surface area contributed by atoms with Crippen LogP contribution in [0.3, 0.4) is 0 Å². The predicted molar refractivity (Wildman–Crippen MR) is 42.6 cm³/mol. The second-order valence-electron chi connectivity index (χ2n) is 2.31. The molecule has 0 fully saturated rings. The van der Waals surface area contributed by atoms with E-state index in [1.165, 1.54) is 0 Å². The standard InChI is InChI=1S/C8H12O4/c1-3-4-12-8(11)6(2)5-7(9)10/h2-5H2,1H3,(H,9,10). The Morgan fingerprint density at radius 1 is 1.50 bits per heavy atom. The lowest BCUT2D eigenvalue weighted by Crippen LogP contribution is -2.10. The van der Waals surface area contributed by atoms with Crippen molar-refractivity contribution in [1.29, 1.82) is 0 Å². The molecule has 0 saturated heterocycles. The minimum atomic E-state index is -1.08. The highest BCUT2D eigenvalue weighted by molar-refractivity contribution is 5.92. The molecular formula is C8H12O4. The Balaban J connectivity index is 3.77. The molecule has 0 saturated carbocycles. The van der Waals surface area contributed by atoms with Crippen LogP contribution in [-0.2, 0) is 14.3 Å². The van der Waals surface area contributed by atoms with Crippen LogP contribution in [0.5, 0.6) is 0 Å². The molecule has 0 amide bonds. The van der Waals surface area contributed by atoms with Crippen molar-refractivity contribution in [3.05, 3.63) is 12.2 Å². The highest BCUT2D eigenvalue weighted by Gasteiger charge is 2.11. The zero-order valence-electron chi connectivity index (χ0n) is 7.00. The van der Waals surface area contributed by atoms with Crippen molar-refractivity contribution in [3.8, 4) is 0 Å². The number of rotatable bonds is 5. The van der Waals surface area contributed by atoms with E-state index in [1.807, 2.05) is 6.92 Å². The molecule has 0 heterocycles. The normalized spacial score (nSPS) is 9.08. The van der Waals surface area contributed by atoms with Gasteiger partial charge >= 0.3 is 11.9 Å². The van der Waals surface area contributed by atoms with E-state index in [9.17, 15) is 9.59 Å². The molecule has 4 heteroatoms. The molecule has 0 aromatic carbocycles. The molecule has 0 radical (unpaired) electrons. The van der Waals surface area contributed by atoms with Crippen LogP contribution in [0.25, 0.3) is 0 Å². The number of ether oxygens (including phenoxy) is 1. The van der Waals surface area contributed by atoms with Gasteiger partial charge in [-0.2, -0.15) is 0 Å². The molecule has 68 valence electrons. The molecule has 0 unspecified atom stereocenters. The number of carbonyl (C=O) groups excluding carboxylic acids is 1. The van der Waals surface area contributed by atoms with Crippen LogP contribution in [0.15, 0.2) is 12.2 Å². The van der Waals surface area contributed by atoms with E-state index in [2.05, 4.69) is 11.3 Å². The number of aliphatic carboxylic acids is 1. The highest BCUT2D eigenvalue weighted by atomic mass is 16.5. The molecule has 4 nitrogen and oxygen atoms in total. The Labute approximate surface area is 70.8 Å². The smallest absolute Gasteiger partial charge is 0.333 e. The van der Waals surface area contributed by atoms with Gasteiger partial charge in [-0.25, -0.2) is 4.79 Å². The summed E-state index contributed by atoms with van der Waals surface area (Å²) in [5.41, 5.74) is -0.0176. The van der Waals surface area contributed by atoms with Gasteiger partial charge in [-0.3, -0.25) is 4.79 Å². The topological polar surface area (TPSA) is 63.6 Å². The van der Waals surface area contributed by atoms with Crippen LogP contribution in [-0.4, -0.2) is 23.7 Å². The van der Waals surface area contributed by atoms with Crippen LogP contribution >= 0.6 is 0 Å². The number of hydrogen-bond acceptors (Lipinski definition) is 3. The second-order valence-corrected chi connectivity index (χ2v) is 2.31. The van der Waals surface area contributed by atoms with Crippen LogP contribution < -0.4 is 0 Å². The lowest BCUT2D eigenvalue weighted by molar-refractivity contribution is -0.142. The first-order chi connectivity index (χ1) is 5.57. The van der Waals surface area contributed by atoms with Crippen LogP contribution in [0, 0.1) is 0 Å². The van der Waals surface area contributed by atoms with Gasteiger partial charge in [0.15, 0.2) is 0 Å². The molecule has 1 N–H and O–H groups in total. The van der Waals surface area contributed by atoms with E-state index in [0.717, 1.165) is 0 Å². The van der Waals surface area contributed by atoms with Gasteiger partial charge in [-0.1, -0.05) is 13.5 Å². The van der Waals surface area contributed by atoms with Gasteiger partial charge in [0.2, 0.25) is 0 Å². The first-order valence-corrected chi connectivity index (χ1v) is 3.64.